The lowest BCUT2D eigenvalue weighted by Crippen LogP contribution is -2.33. The zero-order chi connectivity index (χ0) is 14.1. The number of anilines is 2. The molecule has 0 aliphatic carbocycles. The molecule has 3 N–H and O–H groups in total. The largest absolute Gasteiger partial charge is 0.396 e. The van der Waals surface area contributed by atoms with Crippen molar-refractivity contribution in [1.29, 1.82) is 0 Å². The Morgan fingerprint density at radius 2 is 2.25 bits per heavy atom. The van der Waals surface area contributed by atoms with Crippen LogP contribution in [0.3, 0.4) is 0 Å². The molecule has 1 aromatic heterocycles. The number of benzene rings is 1. The molecule has 2 heterocycles. The highest BCUT2D eigenvalue weighted by Gasteiger charge is 2.19. The van der Waals surface area contributed by atoms with Gasteiger partial charge in [-0.3, -0.25) is 9.78 Å². The SMILES string of the molecule is Nc1cnc2ccc(Br)cc2c1N1CCCNC(=O)C1. The molecule has 1 amide bonds. The molecule has 5 nitrogen and oxygen atoms in total. The summed E-state index contributed by atoms with van der Waals surface area (Å²) in [7, 11) is 0. The van der Waals surface area contributed by atoms with Gasteiger partial charge < -0.3 is 16.0 Å². The highest BCUT2D eigenvalue weighted by atomic mass is 79.9. The van der Waals surface area contributed by atoms with Crippen LogP contribution in [-0.4, -0.2) is 30.5 Å². The molecule has 1 fully saturated rings. The number of carbonyl (C=O) groups is 1. The Hall–Kier alpha value is -1.82. The minimum atomic E-state index is 0.0295. The van der Waals surface area contributed by atoms with Crippen LogP contribution in [0.25, 0.3) is 10.9 Å². The Balaban J connectivity index is 2.15. The zero-order valence-electron chi connectivity index (χ0n) is 10.9. The van der Waals surface area contributed by atoms with E-state index in [1.807, 2.05) is 23.1 Å². The van der Waals surface area contributed by atoms with E-state index >= 15 is 0 Å². The molecule has 0 saturated carbocycles. The van der Waals surface area contributed by atoms with Gasteiger partial charge in [-0.2, -0.15) is 0 Å². The van der Waals surface area contributed by atoms with Crippen molar-refractivity contribution < 1.29 is 4.79 Å². The van der Waals surface area contributed by atoms with Gasteiger partial charge in [-0.05, 0) is 24.6 Å². The molecule has 0 atom stereocenters. The number of nitrogen functional groups attached to an aromatic ring is 1. The van der Waals surface area contributed by atoms with E-state index in [4.69, 9.17) is 5.73 Å². The fourth-order valence-corrected chi connectivity index (χ4v) is 2.88. The fourth-order valence-electron chi connectivity index (χ4n) is 2.52. The van der Waals surface area contributed by atoms with E-state index in [0.717, 1.165) is 34.0 Å². The lowest BCUT2D eigenvalue weighted by Gasteiger charge is -2.24. The second kappa shape index (κ2) is 5.28. The van der Waals surface area contributed by atoms with E-state index in [1.54, 1.807) is 6.20 Å². The number of aromatic nitrogens is 1. The van der Waals surface area contributed by atoms with Crippen LogP contribution in [-0.2, 0) is 4.79 Å². The number of nitrogens with one attached hydrogen (secondary N) is 1. The number of hydrogen-bond donors (Lipinski definition) is 2. The monoisotopic (exact) mass is 334 g/mol. The van der Waals surface area contributed by atoms with Gasteiger partial charge in [0.15, 0.2) is 0 Å². The third kappa shape index (κ3) is 2.43. The summed E-state index contributed by atoms with van der Waals surface area (Å²) in [5, 5.41) is 3.84. The van der Waals surface area contributed by atoms with Crippen molar-refractivity contribution in [2.75, 3.05) is 30.3 Å². The van der Waals surface area contributed by atoms with Crippen LogP contribution in [0.5, 0.6) is 0 Å². The van der Waals surface area contributed by atoms with Gasteiger partial charge in [0.25, 0.3) is 0 Å². The summed E-state index contributed by atoms with van der Waals surface area (Å²) >= 11 is 3.48. The normalized spacial score (nSPS) is 16.1. The summed E-state index contributed by atoms with van der Waals surface area (Å²) in [4.78, 5) is 18.1. The van der Waals surface area contributed by atoms with Gasteiger partial charge in [0.1, 0.15) is 0 Å². The molecule has 104 valence electrons. The van der Waals surface area contributed by atoms with Gasteiger partial charge in [-0.15, -0.1) is 0 Å². The van der Waals surface area contributed by atoms with E-state index in [2.05, 4.69) is 26.2 Å². The summed E-state index contributed by atoms with van der Waals surface area (Å²) in [6, 6.07) is 5.89. The van der Waals surface area contributed by atoms with E-state index in [9.17, 15) is 4.79 Å². The summed E-state index contributed by atoms with van der Waals surface area (Å²) in [6.45, 7) is 1.84. The second-order valence-electron chi connectivity index (χ2n) is 4.85. The van der Waals surface area contributed by atoms with E-state index < -0.39 is 0 Å². The Labute approximate surface area is 125 Å². The number of halogens is 1. The predicted octanol–water partition coefficient (Wildman–Crippen LogP) is 1.91. The minimum absolute atomic E-state index is 0.0295. The Kier molecular flexibility index (Phi) is 3.48. The second-order valence-corrected chi connectivity index (χ2v) is 5.76. The van der Waals surface area contributed by atoms with Crippen LogP contribution >= 0.6 is 15.9 Å². The highest BCUT2D eigenvalue weighted by molar-refractivity contribution is 9.10. The number of nitrogens with zero attached hydrogens (tertiary/aromatic N) is 2. The van der Waals surface area contributed by atoms with Crippen molar-refractivity contribution in [3.05, 3.63) is 28.9 Å². The van der Waals surface area contributed by atoms with Crippen molar-refractivity contribution in [2.24, 2.45) is 0 Å². The third-order valence-electron chi connectivity index (χ3n) is 3.41. The highest BCUT2D eigenvalue weighted by Crippen LogP contribution is 2.33. The molecular formula is C14H15BrN4O. The number of fused-ring (bicyclic) bond motifs is 1. The molecule has 20 heavy (non-hydrogen) atoms. The molecule has 0 unspecified atom stereocenters. The molecule has 0 spiro atoms. The predicted molar refractivity (Wildman–Crippen MR) is 83.7 cm³/mol. The van der Waals surface area contributed by atoms with Gasteiger partial charge in [0.2, 0.25) is 5.91 Å². The van der Waals surface area contributed by atoms with Crippen LogP contribution in [0.2, 0.25) is 0 Å². The molecule has 2 aromatic rings. The average Bonchev–Trinajstić information content (AvgIpc) is 2.63. The van der Waals surface area contributed by atoms with Crippen LogP contribution in [0.1, 0.15) is 6.42 Å². The number of rotatable bonds is 1. The maximum Gasteiger partial charge on any atom is 0.239 e. The van der Waals surface area contributed by atoms with Crippen molar-refractivity contribution in [3.8, 4) is 0 Å². The molecule has 1 aliphatic heterocycles. The molecule has 1 aromatic carbocycles. The molecular weight excluding hydrogens is 320 g/mol. The molecule has 1 saturated heterocycles. The van der Waals surface area contributed by atoms with Gasteiger partial charge in [-0.25, -0.2) is 0 Å². The smallest absolute Gasteiger partial charge is 0.239 e. The Bertz CT molecular complexity index is 668. The standard InChI is InChI=1S/C14H15BrN4O/c15-9-2-3-12-10(6-9)14(11(16)7-18-12)19-5-1-4-17-13(20)8-19/h2-3,6-7H,1,4-5,8,16H2,(H,17,20). The maximum absolute atomic E-state index is 11.8. The number of hydrogen-bond acceptors (Lipinski definition) is 4. The third-order valence-corrected chi connectivity index (χ3v) is 3.90. The first kappa shape index (κ1) is 13.2. The fraction of sp³-hybridized carbons (Fsp3) is 0.286. The first-order chi connectivity index (χ1) is 9.65. The first-order valence-corrected chi connectivity index (χ1v) is 7.30. The summed E-state index contributed by atoms with van der Waals surface area (Å²) < 4.78 is 0.970. The minimum Gasteiger partial charge on any atom is -0.396 e. The van der Waals surface area contributed by atoms with E-state index in [-0.39, 0.29) is 5.91 Å². The first-order valence-electron chi connectivity index (χ1n) is 6.50. The van der Waals surface area contributed by atoms with Crippen molar-refractivity contribution in [1.82, 2.24) is 10.3 Å². The zero-order valence-corrected chi connectivity index (χ0v) is 12.5. The number of pyridine rings is 1. The maximum atomic E-state index is 11.8. The number of carbonyl (C=O) groups excluding carboxylic acids is 1. The molecule has 6 heteroatoms. The Morgan fingerprint density at radius 3 is 3.10 bits per heavy atom. The topological polar surface area (TPSA) is 71.2 Å². The van der Waals surface area contributed by atoms with Crippen molar-refractivity contribution >= 4 is 44.1 Å². The van der Waals surface area contributed by atoms with Crippen LogP contribution in [0.4, 0.5) is 11.4 Å². The Morgan fingerprint density at radius 1 is 1.40 bits per heavy atom. The number of amides is 1. The van der Waals surface area contributed by atoms with E-state index in [1.165, 1.54) is 0 Å². The van der Waals surface area contributed by atoms with Crippen LogP contribution in [0, 0.1) is 0 Å². The molecule has 1 aliphatic rings. The van der Waals surface area contributed by atoms with Gasteiger partial charge in [0, 0.05) is 22.9 Å². The van der Waals surface area contributed by atoms with Crippen LogP contribution < -0.4 is 16.0 Å². The molecule has 0 radical (unpaired) electrons. The lowest BCUT2D eigenvalue weighted by molar-refractivity contribution is -0.119. The molecule has 0 bridgehead atoms. The van der Waals surface area contributed by atoms with Crippen LogP contribution in [0.15, 0.2) is 28.9 Å². The van der Waals surface area contributed by atoms with E-state index in [0.29, 0.717) is 18.8 Å². The van der Waals surface area contributed by atoms with Crippen molar-refractivity contribution in [3.63, 3.8) is 0 Å². The van der Waals surface area contributed by atoms with Gasteiger partial charge in [-0.1, -0.05) is 15.9 Å². The summed E-state index contributed by atoms with van der Waals surface area (Å²) in [5.41, 5.74) is 8.49. The summed E-state index contributed by atoms with van der Waals surface area (Å²) in [5.74, 6) is 0.0295. The average molecular weight is 335 g/mol. The summed E-state index contributed by atoms with van der Waals surface area (Å²) in [6.07, 6.45) is 2.57. The van der Waals surface area contributed by atoms with Gasteiger partial charge in [0.05, 0.1) is 29.6 Å². The van der Waals surface area contributed by atoms with Gasteiger partial charge >= 0.3 is 0 Å². The van der Waals surface area contributed by atoms with Crippen molar-refractivity contribution in [2.45, 2.75) is 6.42 Å². The number of nitrogens with two attached hydrogens (primary N) is 1. The quantitative estimate of drug-likeness (QED) is 0.835. The molecule has 3 rings (SSSR count). The lowest BCUT2D eigenvalue weighted by atomic mass is 10.1.